The Morgan fingerprint density at radius 3 is 0.254 bits per heavy atom. The second kappa shape index (κ2) is 23.6. The first-order valence-corrected chi connectivity index (χ1v) is 21.7. The van der Waals surface area contributed by atoms with Gasteiger partial charge in [-0.1, -0.05) is 170 Å². The van der Waals surface area contributed by atoms with Gasteiger partial charge in [-0.25, -0.2) is 0 Å². The van der Waals surface area contributed by atoms with Crippen molar-refractivity contribution in [1.29, 1.82) is 0 Å². The van der Waals surface area contributed by atoms with Crippen LogP contribution in [0.1, 0.15) is 77.9 Å². The lowest BCUT2D eigenvalue weighted by Crippen LogP contribution is -1.98. The van der Waals surface area contributed by atoms with Crippen LogP contribution in [0, 0.1) is 0 Å². The Balaban J connectivity index is 0.823. The molecule has 322 valence electrons. The van der Waals surface area contributed by atoms with Crippen LogP contribution in [0.5, 0.6) is 0 Å². The summed E-state index contributed by atoms with van der Waals surface area (Å²) in [5.74, 6) is 0. The quantitative estimate of drug-likeness (QED) is 0.151. The maximum atomic E-state index is 6.03. The highest BCUT2D eigenvalue weighted by Gasteiger charge is 2.05. The van der Waals surface area contributed by atoms with Crippen molar-refractivity contribution in [2.45, 2.75) is 92.5 Å². The Bertz CT molecular complexity index is 1730. The third kappa shape index (κ3) is 14.7. The fourth-order valence-corrected chi connectivity index (χ4v) is 7.13. The second-order valence-corrected chi connectivity index (χ2v) is 16.2. The van der Waals surface area contributed by atoms with Crippen molar-refractivity contribution in [3.63, 3.8) is 0 Å². The second-order valence-electron chi connectivity index (χ2n) is 16.2. The van der Waals surface area contributed by atoms with Crippen molar-refractivity contribution >= 4 is 0 Å². The molecule has 0 spiro atoms. The molecule has 0 aliphatic carbocycles. The SMILES string of the molecule is c1cc2ccc1COCc1ccc(cc1)COCc1ccc(cc1)COCc1ccc(cc1)COCc1ccc(cc1)COCc1ccc(cc1)COCc1ccc(cc1)COC2. The zero-order valence-corrected chi connectivity index (χ0v) is 35.9. The van der Waals surface area contributed by atoms with Gasteiger partial charge in [0, 0.05) is 0 Å². The largest absolute Gasteiger partial charge is 0.372 e. The molecule has 21 rings (SSSR count). The summed E-state index contributed by atoms with van der Waals surface area (Å²) in [6.45, 7) is 7.70. The summed E-state index contributed by atoms with van der Waals surface area (Å²) in [6.07, 6.45) is 0. The van der Waals surface area contributed by atoms with E-state index in [9.17, 15) is 0 Å². The molecule has 0 saturated heterocycles. The number of hydrogen-bond donors (Lipinski definition) is 0. The van der Waals surface area contributed by atoms with E-state index in [0.29, 0.717) is 92.5 Å². The lowest BCUT2D eigenvalue weighted by Gasteiger charge is -2.09. The van der Waals surface area contributed by atoms with Crippen molar-refractivity contribution in [1.82, 2.24) is 0 Å². The van der Waals surface area contributed by atoms with E-state index < -0.39 is 0 Å². The molecule has 0 fully saturated rings. The molecule has 14 aliphatic heterocycles. The van der Waals surface area contributed by atoms with Crippen molar-refractivity contribution in [2.75, 3.05) is 0 Å². The minimum Gasteiger partial charge on any atom is -0.372 e. The molecule has 7 aromatic rings. The van der Waals surface area contributed by atoms with Gasteiger partial charge in [0.1, 0.15) is 0 Å². The van der Waals surface area contributed by atoms with Crippen LogP contribution < -0.4 is 0 Å². The number of benzene rings is 7. The van der Waals surface area contributed by atoms with Crippen molar-refractivity contribution in [3.8, 4) is 0 Å². The fraction of sp³-hybridized carbons (Fsp3) is 0.250. The van der Waals surface area contributed by atoms with E-state index in [1.807, 2.05) is 0 Å². The van der Waals surface area contributed by atoms with Crippen LogP contribution in [0.15, 0.2) is 170 Å². The zero-order valence-electron chi connectivity index (χ0n) is 35.9. The summed E-state index contributed by atoms with van der Waals surface area (Å²) in [5, 5.41) is 0. The molecule has 7 aromatic carbocycles. The lowest BCUT2D eigenvalue weighted by molar-refractivity contribution is 0.103. The highest BCUT2D eigenvalue weighted by atomic mass is 16.5. The van der Waals surface area contributed by atoms with Crippen molar-refractivity contribution in [2.24, 2.45) is 0 Å². The van der Waals surface area contributed by atoms with Crippen LogP contribution in [0.2, 0.25) is 0 Å². The summed E-state index contributed by atoms with van der Waals surface area (Å²) in [5.41, 5.74) is 15.9. The maximum Gasteiger partial charge on any atom is 0.0721 e. The van der Waals surface area contributed by atoms with Gasteiger partial charge >= 0.3 is 0 Å². The first kappa shape index (κ1) is 43.9. The number of hydrogen-bond acceptors (Lipinski definition) is 7. The van der Waals surface area contributed by atoms with Crippen LogP contribution in [0.3, 0.4) is 0 Å². The molecule has 14 aliphatic rings. The molecule has 0 unspecified atom stereocenters. The molecule has 0 aromatic heterocycles. The third-order valence-electron chi connectivity index (χ3n) is 10.9. The molecule has 14 bridgehead atoms. The van der Waals surface area contributed by atoms with Gasteiger partial charge in [-0.05, 0) is 77.9 Å². The Kier molecular flexibility index (Phi) is 16.5. The summed E-state index contributed by atoms with van der Waals surface area (Å²) < 4.78 is 42.2. The van der Waals surface area contributed by atoms with Crippen molar-refractivity contribution in [3.05, 3.63) is 248 Å². The van der Waals surface area contributed by atoms with E-state index in [2.05, 4.69) is 170 Å². The molecule has 0 N–H and O–H groups in total. The first-order valence-electron chi connectivity index (χ1n) is 21.7. The van der Waals surface area contributed by atoms with Crippen LogP contribution in [0.4, 0.5) is 0 Å². The number of ether oxygens (including phenoxy) is 7. The smallest absolute Gasteiger partial charge is 0.0721 e. The molecule has 63 heavy (non-hydrogen) atoms. The Morgan fingerprint density at radius 1 is 0.127 bits per heavy atom. The van der Waals surface area contributed by atoms with Gasteiger partial charge in [-0.2, -0.15) is 0 Å². The van der Waals surface area contributed by atoms with E-state index in [-0.39, 0.29) is 0 Å². The highest BCUT2D eigenvalue weighted by molar-refractivity contribution is 5.27. The Morgan fingerprint density at radius 2 is 0.190 bits per heavy atom. The normalized spacial score (nSPS) is 15.6. The van der Waals surface area contributed by atoms with Crippen molar-refractivity contribution < 1.29 is 33.2 Å². The molecule has 0 amide bonds. The van der Waals surface area contributed by atoms with Gasteiger partial charge in [0.05, 0.1) is 92.5 Å². The standard InChI is InChI=1S/C56H56O7/c1-2-44-4-3-43(1)29-57-31-45-5-7-47(8-6-45)33-59-35-49-13-15-51(16-14-49)37-61-39-53-21-23-55(24-22-53)41-63-42-56-27-25-54(26-28-56)40-62-38-52-19-17-50(18-20-52)36-60-34-48-11-9-46(10-12-48)32-58-30-44/h1-28H,29-42H2. The van der Waals surface area contributed by atoms with Gasteiger partial charge in [0.25, 0.3) is 0 Å². The zero-order chi connectivity index (χ0) is 42.7. The van der Waals surface area contributed by atoms with E-state index in [1.54, 1.807) is 0 Å². The highest BCUT2D eigenvalue weighted by Crippen LogP contribution is 2.17. The summed E-state index contributed by atoms with van der Waals surface area (Å²) in [7, 11) is 0. The van der Waals surface area contributed by atoms with Crippen LogP contribution in [-0.2, 0) is 126 Å². The number of rotatable bonds is 0. The van der Waals surface area contributed by atoms with Gasteiger partial charge in [-0.3, -0.25) is 0 Å². The predicted molar refractivity (Wildman–Crippen MR) is 245 cm³/mol. The minimum atomic E-state index is 0.550. The van der Waals surface area contributed by atoms with Gasteiger partial charge in [-0.15, -0.1) is 0 Å². The maximum absolute atomic E-state index is 6.03. The average molecular weight is 841 g/mol. The summed E-state index contributed by atoms with van der Waals surface area (Å²) in [6, 6.07) is 59.0. The van der Waals surface area contributed by atoms with Gasteiger partial charge in [0.2, 0.25) is 0 Å². The Labute approximate surface area is 372 Å². The van der Waals surface area contributed by atoms with E-state index in [1.165, 1.54) is 0 Å². The van der Waals surface area contributed by atoms with E-state index >= 15 is 0 Å². The fourth-order valence-electron chi connectivity index (χ4n) is 7.13. The van der Waals surface area contributed by atoms with Crippen LogP contribution in [-0.4, -0.2) is 0 Å². The van der Waals surface area contributed by atoms with E-state index in [0.717, 1.165) is 77.9 Å². The molecule has 0 atom stereocenters. The average Bonchev–Trinajstić information content (AvgIpc) is 3.32. The van der Waals surface area contributed by atoms with Crippen LogP contribution >= 0.6 is 0 Å². The molecule has 0 saturated carbocycles. The monoisotopic (exact) mass is 840 g/mol. The molecular weight excluding hydrogens is 785 g/mol. The Hall–Kier alpha value is -5.74. The molecule has 0 radical (unpaired) electrons. The predicted octanol–water partition coefficient (Wildman–Crippen LogP) is 12.0. The first-order chi connectivity index (χ1) is 31.1. The summed E-state index contributed by atoms with van der Waals surface area (Å²) in [4.78, 5) is 0. The topological polar surface area (TPSA) is 64.6 Å². The third-order valence-corrected chi connectivity index (χ3v) is 10.9. The molecule has 14 heterocycles. The lowest BCUT2D eigenvalue weighted by atomic mass is 10.1. The summed E-state index contributed by atoms with van der Waals surface area (Å²) >= 11 is 0. The van der Waals surface area contributed by atoms with Crippen LogP contribution in [0.25, 0.3) is 0 Å². The minimum absolute atomic E-state index is 0.550. The molecule has 7 nitrogen and oxygen atoms in total. The molecular formula is C56H56O7. The van der Waals surface area contributed by atoms with Gasteiger partial charge < -0.3 is 33.2 Å². The van der Waals surface area contributed by atoms with Gasteiger partial charge in [0.15, 0.2) is 0 Å². The molecule has 7 heteroatoms. The van der Waals surface area contributed by atoms with E-state index in [4.69, 9.17) is 33.2 Å².